The molecular formula is C13H23N3O. The van der Waals surface area contributed by atoms with Gasteiger partial charge in [-0.2, -0.15) is 5.10 Å². The van der Waals surface area contributed by atoms with Gasteiger partial charge >= 0.3 is 0 Å². The molecule has 96 valence electrons. The molecule has 0 spiro atoms. The van der Waals surface area contributed by atoms with Crippen molar-refractivity contribution in [3.63, 3.8) is 0 Å². The molecule has 2 N–H and O–H groups in total. The lowest BCUT2D eigenvalue weighted by atomic mass is 9.97. The minimum atomic E-state index is 0.206. The van der Waals surface area contributed by atoms with Crippen LogP contribution in [0.4, 0.5) is 0 Å². The van der Waals surface area contributed by atoms with Crippen LogP contribution in [0.1, 0.15) is 38.4 Å². The normalized spacial score (nSPS) is 22.2. The lowest BCUT2D eigenvalue weighted by Crippen LogP contribution is -2.26. The first-order valence-corrected chi connectivity index (χ1v) is 6.52. The van der Waals surface area contributed by atoms with Gasteiger partial charge in [0.2, 0.25) is 0 Å². The number of rotatable bonds is 5. The Kier molecular flexibility index (Phi) is 4.18. The zero-order valence-corrected chi connectivity index (χ0v) is 10.8. The van der Waals surface area contributed by atoms with Gasteiger partial charge in [-0.25, -0.2) is 0 Å². The van der Waals surface area contributed by atoms with Crippen molar-refractivity contribution in [3.8, 4) is 0 Å². The molecule has 2 rings (SSSR count). The molecule has 0 aromatic carbocycles. The Hall–Kier alpha value is -0.870. The van der Waals surface area contributed by atoms with E-state index in [4.69, 9.17) is 10.5 Å². The Morgan fingerprint density at radius 1 is 1.59 bits per heavy atom. The van der Waals surface area contributed by atoms with E-state index < -0.39 is 0 Å². The molecule has 1 fully saturated rings. The fourth-order valence-electron chi connectivity index (χ4n) is 2.32. The zero-order valence-electron chi connectivity index (χ0n) is 10.8. The van der Waals surface area contributed by atoms with E-state index in [1.165, 1.54) is 0 Å². The van der Waals surface area contributed by atoms with Crippen LogP contribution in [0.2, 0.25) is 0 Å². The van der Waals surface area contributed by atoms with Crippen molar-refractivity contribution in [3.05, 3.63) is 18.0 Å². The Morgan fingerprint density at radius 2 is 2.41 bits per heavy atom. The molecule has 1 aliphatic rings. The lowest BCUT2D eigenvalue weighted by Gasteiger charge is -2.14. The van der Waals surface area contributed by atoms with E-state index in [-0.39, 0.29) is 6.04 Å². The van der Waals surface area contributed by atoms with Crippen LogP contribution in [0.5, 0.6) is 0 Å². The van der Waals surface area contributed by atoms with E-state index in [0.29, 0.717) is 12.0 Å². The number of hydrogen-bond acceptors (Lipinski definition) is 3. The van der Waals surface area contributed by atoms with Crippen molar-refractivity contribution in [2.45, 2.75) is 45.2 Å². The fourth-order valence-corrected chi connectivity index (χ4v) is 2.32. The summed E-state index contributed by atoms with van der Waals surface area (Å²) in [5.74, 6) is 0.650. The van der Waals surface area contributed by atoms with Gasteiger partial charge in [0.1, 0.15) is 0 Å². The topological polar surface area (TPSA) is 53.1 Å². The summed E-state index contributed by atoms with van der Waals surface area (Å²) in [6.07, 6.45) is 5.12. The highest BCUT2D eigenvalue weighted by atomic mass is 16.5. The lowest BCUT2D eigenvalue weighted by molar-refractivity contribution is 0.182. The number of nitrogens with two attached hydrogens (primary N) is 1. The highest BCUT2D eigenvalue weighted by molar-refractivity contribution is 5.02. The third kappa shape index (κ3) is 3.54. The molecule has 17 heavy (non-hydrogen) atoms. The molecule has 4 nitrogen and oxygen atoms in total. The molecule has 4 heteroatoms. The van der Waals surface area contributed by atoms with E-state index in [2.05, 4.69) is 25.0 Å². The van der Waals surface area contributed by atoms with Crippen LogP contribution in [0, 0.1) is 5.92 Å². The maximum Gasteiger partial charge on any atom is 0.0640 e. The summed E-state index contributed by atoms with van der Waals surface area (Å²) in [6.45, 7) is 6.05. The molecule has 2 unspecified atom stereocenters. The highest BCUT2D eigenvalue weighted by Crippen LogP contribution is 2.18. The quantitative estimate of drug-likeness (QED) is 0.849. The Morgan fingerprint density at radius 3 is 3.00 bits per heavy atom. The summed E-state index contributed by atoms with van der Waals surface area (Å²) in [6, 6.07) is 2.70. The van der Waals surface area contributed by atoms with Crippen molar-refractivity contribution in [1.82, 2.24) is 9.78 Å². The maximum atomic E-state index is 6.17. The van der Waals surface area contributed by atoms with Gasteiger partial charge in [-0.3, -0.25) is 4.68 Å². The molecular weight excluding hydrogens is 214 g/mol. The van der Waals surface area contributed by atoms with E-state index in [1.807, 2.05) is 10.9 Å². The molecule has 1 aromatic rings. The van der Waals surface area contributed by atoms with Crippen LogP contribution in [-0.2, 0) is 11.2 Å². The van der Waals surface area contributed by atoms with Crippen molar-refractivity contribution in [2.24, 2.45) is 11.7 Å². The molecule has 1 saturated heterocycles. The van der Waals surface area contributed by atoms with Crippen molar-refractivity contribution < 1.29 is 4.74 Å². The predicted molar refractivity (Wildman–Crippen MR) is 67.8 cm³/mol. The van der Waals surface area contributed by atoms with Gasteiger partial charge in [-0.05, 0) is 38.7 Å². The van der Waals surface area contributed by atoms with Crippen LogP contribution in [0.15, 0.2) is 12.3 Å². The highest BCUT2D eigenvalue weighted by Gasteiger charge is 2.19. The van der Waals surface area contributed by atoms with Gasteiger partial charge in [0, 0.05) is 37.9 Å². The first-order chi connectivity index (χ1) is 8.15. The van der Waals surface area contributed by atoms with Gasteiger partial charge in [0.25, 0.3) is 0 Å². The summed E-state index contributed by atoms with van der Waals surface area (Å²) >= 11 is 0. The standard InChI is InChI=1S/C13H23N3O/c1-10(2)16-5-3-13(15-16)8-12(14)7-11-4-6-17-9-11/h3,5,10-12H,4,6-9,14H2,1-2H3. The third-order valence-electron chi connectivity index (χ3n) is 3.32. The molecule has 0 radical (unpaired) electrons. The molecule has 0 bridgehead atoms. The van der Waals surface area contributed by atoms with Crippen LogP contribution in [0.3, 0.4) is 0 Å². The van der Waals surface area contributed by atoms with Crippen LogP contribution < -0.4 is 5.73 Å². The summed E-state index contributed by atoms with van der Waals surface area (Å²) in [5.41, 5.74) is 7.27. The Balaban J connectivity index is 1.82. The number of nitrogens with zero attached hydrogens (tertiary/aromatic N) is 2. The first-order valence-electron chi connectivity index (χ1n) is 6.52. The SMILES string of the molecule is CC(C)n1ccc(CC(N)CC2CCOC2)n1. The van der Waals surface area contributed by atoms with Crippen LogP contribution in [-0.4, -0.2) is 29.0 Å². The molecule has 1 aliphatic heterocycles. The monoisotopic (exact) mass is 237 g/mol. The predicted octanol–water partition coefficient (Wildman–Crippen LogP) is 1.76. The molecule has 0 aliphatic carbocycles. The minimum Gasteiger partial charge on any atom is -0.381 e. The van der Waals surface area contributed by atoms with Crippen molar-refractivity contribution in [1.29, 1.82) is 0 Å². The van der Waals surface area contributed by atoms with Gasteiger partial charge < -0.3 is 10.5 Å². The first kappa shape index (κ1) is 12.6. The molecule has 1 aromatic heterocycles. The average Bonchev–Trinajstić information content (AvgIpc) is 2.88. The second-order valence-electron chi connectivity index (χ2n) is 5.31. The van der Waals surface area contributed by atoms with E-state index in [9.17, 15) is 0 Å². The van der Waals surface area contributed by atoms with Crippen LogP contribution >= 0.6 is 0 Å². The van der Waals surface area contributed by atoms with E-state index >= 15 is 0 Å². The third-order valence-corrected chi connectivity index (χ3v) is 3.32. The summed E-state index contributed by atoms with van der Waals surface area (Å²) in [7, 11) is 0. The molecule has 2 atom stereocenters. The largest absolute Gasteiger partial charge is 0.381 e. The van der Waals surface area contributed by atoms with Gasteiger partial charge in [-0.1, -0.05) is 0 Å². The number of aromatic nitrogens is 2. The Labute approximate surface area is 103 Å². The molecule has 0 amide bonds. The number of hydrogen-bond donors (Lipinski definition) is 1. The summed E-state index contributed by atoms with van der Waals surface area (Å²) < 4.78 is 7.36. The number of ether oxygens (including phenoxy) is 1. The fraction of sp³-hybridized carbons (Fsp3) is 0.769. The Bertz CT molecular complexity index is 342. The molecule has 2 heterocycles. The summed E-state index contributed by atoms with van der Waals surface area (Å²) in [4.78, 5) is 0. The minimum absolute atomic E-state index is 0.206. The van der Waals surface area contributed by atoms with Crippen molar-refractivity contribution >= 4 is 0 Å². The summed E-state index contributed by atoms with van der Waals surface area (Å²) in [5, 5.41) is 4.53. The smallest absolute Gasteiger partial charge is 0.0640 e. The van der Waals surface area contributed by atoms with Gasteiger partial charge in [0.05, 0.1) is 5.69 Å². The van der Waals surface area contributed by atoms with E-state index in [1.54, 1.807) is 0 Å². The van der Waals surface area contributed by atoms with E-state index in [0.717, 1.165) is 38.2 Å². The van der Waals surface area contributed by atoms with Gasteiger partial charge in [-0.15, -0.1) is 0 Å². The second kappa shape index (κ2) is 5.65. The zero-order chi connectivity index (χ0) is 12.3. The van der Waals surface area contributed by atoms with Crippen molar-refractivity contribution in [2.75, 3.05) is 13.2 Å². The van der Waals surface area contributed by atoms with Crippen LogP contribution in [0.25, 0.3) is 0 Å². The maximum absolute atomic E-state index is 6.17. The average molecular weight is 237 g/mol. The molecule has 0 saturated carbocycles. The van der Waals surface area contributed by atoms with Gasteiger partial charge in [0.15, 0.2) is 0 Å². The second-order valence-corrected chi connectivity index (χ2v) is 5.31.